The van der Waals surface area contributed by atoms with Gasteiger partial charge in [0, 0.05) is 5.69 Å². The molecule has 0 aliphatic heterocycles. The average molecular weight is 252 g/mol. The van der Waals surface area contributed by atoms with E-state index >= 15 is 0 Å². The van der Waals surface area contributed by atoms with E-state index in [9.17, 15) is 4.79 Å². The summed E-state index contributed by atoms with van der Waals surface area (Å²) in [7, 11) is 0. The summed E-state index contributed by atoms with van der Waals surface area (Å²) in [6, 6.07) is 6.52. The van der Waals surface area contributed by atoms with Crippen molar-refractivity contribution in [2.24, 2.45) is 5.73 Å². The van der Waals surface area contributed by atoms with Crippen LogP contribution in [0.2, 0.25) is 0 Å². The van der Waals surface area contributed by atoms with Gasteiger partial charge in [-0.05, 0) is 32.4 Å². The molecule has 18 heavy (non-hydrogen) atoms. The molecule has 5 nitrogen and oxygen atoms in total. The summed E-state index contributed by atoms with van der Waals surface area (Å²) in [4.78, 5) is 11.7. The van der Waals surface area contributed by atoms with Gasteiger partial charge in [0.25, 0.3) is 0 Å². The molecule has 0 saturated carbocycles. The van der Waals surface area contributed by atoms with Crippen molar-refractivity contribution in [1.82, 2.24) is 0 Å². The SMILES string of the molecule is CC(C)(C)OC(=O)Nc1ccccc1C(N)CO. The number of rotatable bonds is 3. The van der Waals surface area contributed by atoms with Crippen molar-refractivity contribution in [2.75, 3.05) is 11.9 Å². The third-order valence-corrected chi connectivity index (χ3v) is 2.19. The van der Waals surface area contributed by atoms with E-state index in [0.29, 0.717) is 11.3 Å². The van der Waals surface area contributed by atoms with Gasteiger partial charge in [0.15, 0.2) is 0 Å². The van der Waals surface area contributed by atoms with Crippen molar-refractivity contribution in [3.63, 3.8) is 0 Å². The molecule has 100 valence electrons. The van der Waals surface area contributed by atoms with Gasteiger partial charge in [-0.25, -0.2) is 4.79 Å². The van der Waals surface area contributed by atoms with Crippen LogP contribution < -0.4 is 11.1 Å². The molecule has 0 spiro atoms. The maximum absolute atomic E-state index is 11.7. The molecule has 1 rings (SSSR count). The monoisotopic (exact) mass is 252 g/mol. The average Bonchev–Trinajstić information content (AvgIpc) is 2.26. The minimum absolute atomic E-state index is 0.187. The molecule has 0 aliphatic rings. The molecule has 0 saturated heterocycles. The van der Waals surface area contributed by atoms with E-state index in [1.165, 1.54) is 0 Å². The molecule has 1 atom stereocenters. The third-order valence-electron chi connectivity index (χ3n) is 2.19. The Kier molecular flexibility index (Phi) is 4.69. The fraction of sp³-hybridized carbons (Fsp3) is 0.462. The Morgan fingerprint density at radius 1 is 1.44 bits per heavy atom. The van der Waals surface area contributed by atoms with Gasteiger partial charge < -0.3 is 15.6 Å². The molecule has 4 N–H and O–H groups in total. The highest BCUT2D eigenvalue weighted by molar-refractivity contribution is 5.86. The van der Waals surface area contributed by atoms with Crippen LogP contribution in [0, 0.1) is 0 Å². The molecule has 0 radical (unpaired) electrons. The summed E-state index contributed by atoms with van der Waals surface area (Å²) in [6.45, 7) is 5.18. The van der Waals surface area contributed by atoms with E-state index in [0.717, 1.165) is 0 Å². The lowest BCUT2D eigenvalue weighted by Gasteiger charge is -2.21. The first-order valence-corrected chi connectivity index (χ1v) is 5.79. The van der Waals surface area contributed by atoms with Gasteiger partial charge in [-0.2, -0.15) is 0 Å². The zero-order valence-corrected chi connectivity index (χ0v) is 10.9. The van der Waals surface area contributed by atoms with E-state index in [1.807, 2.05) is 0 Å². The number of amides is 1. The number of anilines is 1. The van der Waals surface area contributed by atoms with Crippen LogP contribution >= 0.6 is 0 Å². The number of aliphatic hydroxyl groups excluding tert-OH is 1. The van der Waals surface area contributed by atoms with Gasteiger partial charge >= 0.3 is 6.09 Å². The minimum atomic E-state index is -0.557. The van der Waals surface area contributed by atoms with Crippen molar-refractivity contribution >= 4 is 11.8 Å². The molecular formula is C13H20N2O3. The Bertz CT molecular complexity index is 413. The van der Waals surface area contributed by atoms with Crippen LogP contribution in [0.3, 0.4) is 0 Å². The van der Waals surface area contributed by atoms with E-state index in [2.05, 4.69) is 5.32 Å². The van der Waals surface area contributed by atoms with Crippen LogP contribution in [0.15, 0.2) is 24.3 Å². The zero-order chi connectivity index (χ0) is 13.8. The van der Waals surface area contributed by atoms with Gasteiger partial charge in [0.1, 0.15) is 5.60 Å². The first-order valence-electron chi connectivity index (χ1n) is 5.79. The predicted octanol–water partition coefficient (Wildman–Crippen LogP) is 2.03. The quantitative estimate of drug-likeness (QED) is 0.768. The molecule has 1 aromatic rings. The lowest BCUT2D eigenvalue weighted by atomic mass is 10.1. The predicted molar refractivity (Wildman–Crippen MR) is 70.3 cm³/mol. The highest BCUT2D eigenvalue weighted by atomic mass is 16.6. The van der Waals surface area contributed by atoms with E-state index < -0.39 is 17.7 Å². The topological polar surface area (TPSA) is 84.6 Å². The van der Waals surface area contributed by atoms with Gasteiger partial charge in [0.05, 0.1) is 12.6 Å². The number of nitrogens with one attached hydrogen (secondary N) is 1. The van der Waals surface area contributed by atoms with Crippen molar-refractivity contribution in [3.8, 4) is 0 Å². The van der Waals surface area contributed by atoms with Gasteiger partial charge in [-0.3, -0.25) is 5.32 Å². The van der Waals surface area contributed by atoms with Crippen molar-refractivity contribution in [3.05, 3.63) is 29.8 Å². The number of ether oxygens (including phenoxy) is 1. The number of benzene rings is 1. The van der Waals surface area contributed by atoms with Gasteiger partial charge in [-0.1, -0.05) is 18.2 Å². The second kappa shape index (κ2) is 5.84. The maximum Gasteiger partial charge on any atom is 0.412 e. The number of nitrogens with two attached hydrogens (primary N) is 1. The van der Waals surface area contributed by atoms with Crippen molar-refractivity contribution in [2.45, 2.75) is 32.4 Å². The van der Waals surface area contributed by atoms with Crippen LogP contribution in [0.4, 0.5) is 10.5 Å². The molecule has 1 aromatic carbocycles. The largest absolute Gasteiger partial charge is 0.444 e. The Labute approximate surface area is 107 Å². The van der Waals surface area contributed by atoms with E-state index in [4.69, 9.17) is 15.6 Å². The molecule has 1 amide bonds. The molecule has 5 heteroatoms. The molecule has 0 aliphatic carbocycles. The highest BCUT2D eigenvalue weighted by Crippen LogP contribution is 2.21. The van der Waals surface area contributed by atoms with Crippen molar-refractivity contribution in [1.29, 1.82) is 0 Å². The number of carbonyl (C=O) groups is 1. The highest BCUT2D eigenvalue weighted by Gasteiger charge is 2.18. The third kappa shape index (κ3) is 4.35. The molecular weight excluding hydrogens is 232 g/mol. The minimum Gasteiger partial charge on any atom is -0.444 e. The number of carbonyl (C=O) groups excluding carboxylic acids is 1. The number of para-hydroxylation sites is 1. The summed E-state index contributed by atoms with van der Waals surface area (Å²) >= 11 is 0. The fourth-order valence-electron chi connectivity index (χ4n) is 1.45. The second-order valence-corrected chi connectivity index (χ2v) is 5.00. The molecule has 0 heterocycles. The van der Waals surface area contributed by atoms with Crippen LogP contribution in [0.1, 0.15) is 32.4 Å². The first-order chi connectivity index (χ1) is 8.33. The van der Waals surface area contributed by atoms with E-state index in [-0.39, 0.29) is 6.61 Å². The number of hydrogen-bond acceptors (Lipinski definition) is 4. The summed E-state index contributed by atoms with van der Waals surface area (Å²) < 4.78 is 5.16. The lowest BCUT2D eigenvalue weighted by molar-refractivity contribution is 0.0635. The van der Waals surface area contributed by atoms with Gasteiger partial charge in [0.2, 0.25) is 0 Å². The molecule has 0 bridgehead atoms. The Balaban J connectivity index is 2.81. The Morgan fingerprint density at radius 2 is 2.06 bits per heavy atom. The smallest absolute Gasteiger partial charge is 0.412 e. The standard InChI is InChI=1S/C13H20N2O3/c1-13(2,3)18-12(17)15-11-7-5-4-6-9(11)10(14)8-16/h4-7,10,16H,8,14H2,1-3H3,(H,15,17). The van der Waals surface area contributed by atoms with Crippen molar-refractivity contribution < 1.29 is 14.6 Å². The summed E-state index contributed by atoms with van der Waals surface area (Å²) in [5, 5.41) is 11.7. The molecule has 0 fully saturated rings. The summed E-state index contributed by atoms with van der Waals surface area (Å²) in [5.41, 5.74) is 6.42. The number of hydrogen-bond donors (Lipinski definition) is 3. The summed E-state index contributed by atoms with van der Waals surface area (Å²) in [5.74, 6) is 0. The number of aliphatic hydroxyl groups is 1. The zero-order valence-electron chi connectivity index (χ0n) is 10.9. The molecule has 1 unspecified atom stereocenters. The van der Waals surface area contributed by atoms with E-state index in [1.54, 1.807) is 45.0 Å². The first kappa shape index (κ1) is 14.5. The fourth-order valence-corrected chi connectivity index (χ4v) is 1.45. The Hall–Kier alpha value is -1.59. The Morgan fingerprint density at radius 3 is 2.61 bits per heavy atom. The van der Waals surface area contributed by atoms with Crippen LogP contribution in [0.25, 0.3) is 0 Å². The van der Waals surface area contributed by atoms with Crippen LogP contribution in [-0.4, -0.2) is 23.4 Å². The lowest BCUT2D eigenvalue weighted by Crippen LogP contribution is -2.28. The van der Waals surface area contributed by atoms with Gasteiger partial charge in [-0.15, -0.1) is 0 Å². The maximum atomic E-state index is 11.7. The normalized spacial score (nSPS) is 12.9. The van der Waals surface area contributed by atoms with Crippen LogP contribution in [-0.2, 0) is 4.74 Å². The summed E-state index contributed by atoms with van der Waals surface area (Å²) in [6.07, 6.45) is -0.542. The second-order valence-electron chi connectivity index (χ2n) is 5.00. The molecule has 0 aromatic heterocycles. The van der Waals surface area contributed by atoms with Crippen LogP contribution in [0.5, 0.6) is 0 Å².